The number of rotatable bonds is 9. The Hall–Kier alpha value is -0.300. The van der Waals surface area contributed by atoms with Gasteiger partial charge in [-0.15, -0.1) is 0 Å². The molecular weight excluding hydrogens is 290 g/mol. The van der Waals surface area contributed by atoms with Gasteiger partial charge in [0.15, 0.2) is 0 Å². The maximum atomic E-state index is 15.1. The minimum absolute atomic E-state index is 0.123. The molecule has 2 unspecified atom stereocenters. The van der Waals surface area contributed by atoms with Gasteiger partial charge in [-0.05, 0) is 18.8 Å². The third kappa shape index (κ3) is 3.16. The van der Waals surface area contributed by atoms with Gasteiger partial charge in [0.05, 0.1) is 13.2 Å². The van der Waals surface area contributed by atoms with Crippen molar-refractivity contribution in [1.82, 2.24) is 9.80 Å². The van der Waals surface area contributed by atoms with Crippen LogP contribution in [0.2, 0.25) is 0 Å². The second-order valence-electron chi connectivity index (χ2n) is 6.26. The Bertz CT molecular complexity index is 342. The zero-order valence-electron chi connectivity index (χ0n) is 14.9. The molecule has 2 atom stereocenters. The first-order valence-electron chi connectivity index (χ1n) is 8.24. The van der Waals surface area contributed by atoms with Crippen LogP contribution in [0.25, 0.3) is 0 Å². The molecule has 0 bridgehead atoms. The summed E-state index contributed by atoms with van der Waals surface area (Å²) in [5, 5.41) is 0. The van der Waals surface area contributed by atoms with Crippen molar-refractivity contribution in [2.45, 2.75) is 58.3 Å². The SMILES string of the molecule is CCC1N(CCOC)C(F)(F)N(CCOC)C1(CC)C(C)C. The molecule has 1 aliphatic heterocycles. The molecule has 0 radical (unpaired) electrons. The number of hydrogen-bond donors (Lipinski definition) is 0. The van der Waals surface area contributed by atoms with E-state index in [4.69, 9.17) is 9.47 Å². The fourth-order valence-corrected chi connectivity index (χ4v) is 4.15. The minimum atomic E-state index is -2.97. The van der Waals surface area contributed by atoms with Crippen molar-refractivity contribution in [1.29, 1.82) is 0 Å². The van der Waals surface area contributed by atoms with Gasteiger partial charge in [0.2, 0.25) is 0 Å². The summed E-state index contributed by atoms with van der Waals surface area (Å²) in [6, 6.07) is -0.195. The molecule has 0 aromatic carbocycles. The van der Waals surface area contributed by atoms with Crippen molar-refractivity contribution in [2.75, 3.05) is 40.5 Å². The second-order valence-corrected chi connectivity index (χ2v) is 6.26. The Morgan fingerprint density at radius 1 is 1.05 bits per heavy atom. The Labute approximate surface area is 133 Å². The molecule has 1 saturated heterocycles. The maximum Gasteiger partial charge on any atom is 0.370 e. The molecule has 22 heavy (non-hydrogen) atoms. The fourth-order valence-electron chi connectivity index (χ4n) is 4.15. The molecule has 0 aromatic heterocycles. The number of alkyl halides is 2. The molecule has 0 saturated carbocycles. The van der Waals surface area contributed by atoms with Crippen molar-refractivity contribution in [3.8, 4) is 0 Å². The monoisotopic (exact) mass is 322 g/mol. The molecule has 6 heteroatoms. The molecule has 4 nitrogen and oxygen atoms in total. The summed E-state index contributed by atoms with van der Waals surface area (Å²) in [4.78, 5) is 2.70. The van der Waals surface area contributed by atoms with E-state index in [0.717, 1.165) is 0 Å². The van der Waals surface area contributed by atoms with Gasteiger partial charge in [0, 0.05) is 38.9 Å². The lowest BCUT2D eigenvalue weighted by molar-refractivity contribution is -0.232. The second kappa shape index (κ2) is 7.99. The molecule has 0 N–H and O–H groups in total. The van der Waals surface area contributed by atoms with Gasteiger partial charge < -0.3 is 9.47 Å². The number of halogens is 2. The lowest BCUT2D eigenvalue weighted by atomic mass is 9.76. The molecule has 1 fully saturated rings. The Morgan fingerprint density at radius 2 is 1.59 bits per heavy atom. The molecule has 0 spiro atoms. The van der Waals surface area contributed by atoms with Crippen molar-refractivity contribution < 1.29 is 18.3 Å². The van der Waals surface area contributed by atoms with E-state index in [9.17, 15) is 0 Å². The normalized spacial score (nSPS) is 29.6. The van der Waals surface area contributed by atoms with Gasteiger partial charge in [0.1, 0.15) is 0 Å². The van der Waals surface area contributed by atoms with Crippen LogP contribution in [0.15, 0.2) is 0 Å². The average molecular weight is 322 g/mol. The first kappa shape index (κ1) is 19.7. The standard InChI is InChI=1S/C16H32F2N2O2/c1-7-14-15(8-2,13(3)4)20(10-12-22-6)16(17,18)19(14)9-11-21-5/h13-14H,7-12H2,1-6H3. The highest BCUT2D eigenvalue weighted by molar-refractivity contribution is 5.10. The van der Waals surface area contributed by atoms with Crippen molar-refractivity contribution in [3.05, 3.63) is 0 Å². The predicted octanol–water partition coefficient (Wildman–Crippen LogP) is 3.03. The largest absolute Gasteiger partial charge is 0.383 e. The first-order chi connectivity index (χ1) is 10.3. The van der Waals surface area contributed by atoms with Gasteiger partial charge in [-0.2, -0.15) is 8.78 Å². The van der Waals surface area contributed by atoms with E-state index in [1.165, 1.54) is 9.80 Å². The van der Waals surface area contributed by atoms with Crippen LogP contribution in [0.3, 0.4) is 0 Å². The molecule has 132 valence electrons. The van der Waals surface area contributed by atoms with Gasteiger partial charge in [0.25, 0.3) is 0 Å². The highest BCUT2D eigenvalue weighted by atomic mass is 19.3. The summed E-state index contributed by atoms with van der Waals surface area (Å²) >= 11 is 0. The van der Waals surface area contributed by atoms with Crippen LogP contribution in [0.1, 0.15) is 40.5 Å². The lowest BCUT2D eigenvalue weighted by Gasteiger charge is -2.44. The average Bonchev–Trinajstić information content (AvgIpc) is 2.66. The molecular formula is C16H32F2N2O2. The van der Waals surface area contributed by atoms with Gasteiger partial charge in [-0.1, -0.05) is 27.7 Å². The van der Waals surface area contributed by atoms with E-state index >= 15 is 8.78 Å². The summed E-state index contributed by atoms with van der Waals surface area (Å²) in [5.74, 6) is 0.123. The smallest absolute Gasteiger partial charge is 0.370 e. The highest BCUT2D eigenvalue weighted by Gasteiger charge is 2.66. The number of ether oxygens (including phenoxy) is 2. The quantitative estimate of drug-likeness (QED) is 0.609. The molecule has 1 rings (SSSR count). The van der Waals surface area contributed by atoms with Gasteiger partial charge in [-0.25, -0.2) is 9.80 Å². The summed E-state index contributed by atoms with van der Waals surface area (Å²) in [6.45, 7) is 9.17. The Kier molecular flexibility index (Phi) is 7.18. The topological polar surface area (TPSA) is 24.9 Å². The third-order valence-electron chi connectivity index (χ3n) is 5.13. The van der Waals surface area contributed by atoms with Crippen LogP contribution in [0.4, 0.5) is 8.78 Å². The molecule has 0 aliphatic carbocycles. The summed E-state index contributed by atoms with van der Waals surface area (Å²) in [5.41, 5.74) is -0.551. The first-order valence-corrected chi connectivity index (χ1v) is 8.24. The van der Waals surface area contributed by atoms with Crippen LogP contribution in [-0.2, 0) is 9.47 Å². The molecule has 0 amide bonds. The summed E-state index contributed by atoms with van der Waals surface area (Å²) in [6.07, 6.45) is -1.60. The van der Waals surface area contributed by atoms with E-state index in [2.05, 4.69) is 0 Å². The number of nitrogens with zero attached hydrogens (tertiary/aromatic N) is 2. The van der Waals surface area contributed by atoms with Crippen LogP contribution in [0, 0.1) is 5.92 Å². The van der Waals surface area contributed by atoms with E-state index in [1.807, 2.05) is 27.7 Å². The Balaban J connectivity index is 3.28. The molecule has 0 aromatic rings. The van der Waals surface area contributed by atoms with Crippen LogP contribution >= 0.6 is 0 Å². The molecule has 1 heterocycles. The third-order valence-corrected chi connectivity index (χ3v) is 5.13. The van der Waals surface area contributed by atoms with Crippen molar-refractivity contribution in [2.24, 2.45) is 5.92 Å². The van der Waals surface area contributed by atoms with E-state index in [1.54, 1.807) is 14.2 Å². The van der Waals surface area contributed by atoms with Crippen molar-refractivity contribution in [3.63, 3.8) is 0 Å². The van der Waals surface area contributed by atoms with Crippen LogP contribution < -0.4 is 0 Å². The van der Waals surface area contributed by atoms with E-state index < -0.39 is 11.7 Å². The molecule has 1 aliphatic rings. The van der Waals surface area contributed by atoms with Crippen molar-refractivity contribution >= 4 is 0 Å². The predicted molar refractivity (Wildman–Crippen MR) is 84.1 cm³/mol. The highest BCUT2D eigenvalue weighted by Crippen LogP contribution is 2.50. The zero-order chi connectivity index (χ0) is 17.0. The Morgan fingerprint density at radius 3 is 2.00 bits per heavy atom. The summed E-state index contributed by atoms with van der Waals surface area (Å²) < 4.78 is 40.4. The fraction of sp³-hybridized carbons (Fsp3) is 1.00. The minimum Gasteiger partial charge on any atom is -0.383 e. The van der Waals surface area contributed by atoms with Crippen LogP contribution in [0.5, 0.6) is 0 Å². The van der Waals surface area contributed by atoms with E-state index in [0.29, 0.717) is 26.1 Å². The number of hydrogen-bond acceptors (Lipinski definition) is 4. The number of methoxy groups -OCH3 is 2. The zero-order valence-corrected chi connectivity index (χ0v) is 14.9. The van der Waals surface area contributed by atoms with E-state index in [-0.39, 0.29) is 25.0 Å². The maximum absolute atomic E-state index is 15.1. The van der Waals surface area contributed by atoms with Crippen LogP contribution in [-0.4, -0.2) is 68.1 Å². The summed E-state index contributed by atoms with van der Waals surface area (Å²) in [7, 11) is 3.10. The van der Waals surface area contributed by atoms with Gasteiger partial charge in [-0.3, -0.25) is 0 Å². The lowest BCUT2D eigenvalue weighted by Crippen LogP contribution is -2.57. The van der Waals surface area contributed by atoms with Gasteiger partial charge >= 0.3 is 6.17 Å².